The van der Waals surface area contributed by atoms with Crippen molar-refractivity contribution in [3.8, 4) is 0 Å². The summed E-state index contributed by atoms with van der Waals surface area (Å²) in [6.07, 6.45) is 5.33. The van der Waals surface area contributed by atoms with Crippen LogP contribution in [0.2, 0.25) is 0 Å². The molecule has 0 aliphatic heterocycles. The number of H-pyrrole nitrogens is 1. The van der Waals surface area contributed by atoms with Crippen molar-refractivity contribution in [1.29, 1.82) is 0 Å². The Kier molecular flexibility index (Phi) is 2.58. The maximum absolute atomic E-state index is 11.8. The van der Waals surface area contributed by atoms with E-state index in [1.165, 1.54) is 0 Å². The lowest BCUT2D eigenvalue weighted by atomic mass is 10.1. The highest BCUT2D eigenvalue weighted by atomic mass is 16.1. The van der Waals surface area contributed by atoms with Crippen molar-refractivity contribution in [1.82, 2.24) is 14.5 Å². The number of hydrogen-bond acceptors (Lipinski definition) is 2. The summed E-state index contributed by atoms with van der Waals surface area (Å²) >= 11 is 0. The second-order valence-corrected chi connectivity index (χ2v) is 3.66. The lowest BCUT2D eigenvalue weighted by molar-refractivity contribution is 0.471. The second-order valence-electron chi connectivity index (χ2n) is 3.66. The summed E-state index contributed by atoms with van der Waals surface area (Å²) < 4.78 is 1.83. The molecular formula is C11H15N3O. The smallest absolute Gasteiger partial charge is 0.304 e. The van der Waals surface area contributed by atoms with Crippen LogP contribution in [0.4, 0.5) is 0 Å². The van der Waals surface area contributed by atoms with Crippen LogP contribution >= 0.6 is 0 Å². The molecule has 0 aliphatic carbocycles. The minimum Gasteiger partial charge on any atom is -0.304 e. The first-order chi connectivity index (χ1) is 7.27. The van der Waals surface area contributed by atoms with Crippen molar-refractivity contribution in [3.63, 3.8) is 0 Å². The molecule has 1 N–H and O–H groups in total. The number of aromatic amines is 1. The molecule has 2 heterocycles. The molecule has 0 fully saturated rings. The van der Waals surface area contributed by atoms with Crippen LogP contribution in [0.1, 0.15) is 32.7 Å². The largest absolute Gasteiger partial charge is 0.326 e. The number of hydrogen-bond donors (Lipinski definition) is 1. The van der Waals surface area contributed by atoms with E-state index in [2.05, 4.69) is 23.8 Å². The van der Waals surface area contributed by atoms with Gasteiger partial charge >= 0.3 is 5.69 Å². The van der Waals surface area contributed by atoms with Gasteiger partial charge in [0.2, 0.25) is 0 Å². The minimum atomic E-state index is -0.0355. The average molecular weight is 205 g/mol. The van der Waals surface area contributed by atoms with Crippen LogP contribution in [0.5, 0.6) is 0 Å². The summed E-state index contributed by atoms with van der Waals surface area (Å²) in [6, 6.07) is 2.15. The van der Waals surface area contributed by atoms with Gasteiger partial charge in [0, 0.05) is 12.2 Å². The van der Waals surface area contributed by atoms with Gasteiger partial charge in [-0.25, -0.2) is 4.79 Å². The maximum atomic E-state index is 11.8. The molecule has 4 nitrogen and oxygen atoms in total. The Morgan fingerprint density at radius 3 is 2.87 bits per heavy atom. The molecule has 0 spiro atoms. The van der Waals surface area contributed by atoms with E-state index in [1.54, 1.807) is 12.4 Å². The molecule has 80 valence electrons. The highest BCUT2D eigenvalue weighted by molar-refractivity contribution is 5.73. The molecule has 0 amide bonds. The quantitative estimate of drug-likeness (QED) is 0.834. The van der Waals surface area contributed by atoms with E-state index in [0.717, 1.165) is 23.9 Å². The number of nitrogens with one attached hydrogen (secondary N) is 1. The van der Waals surface area contributed by atoms with Gasteiger partial charge < -0.3 is 4.98 Å². The van der Waals surface area contributed by atoms with E-state index in [-0.39, 0.29) is 11.7 Å². The summed E-state index contributed by atoms with van der Waals surface area (Å²) in [6.45, 7) is 4.20. The predicted molar refractivity (Wildman–Crippen MR) is 60.0 cm³/mol. The molecule has 0 saturated heterocycles. The highest BCUT2D eigenvalue weighted by Gasteiger charge is 2.13. The molecule has 2 aromatic rings. The molecule has 0 aromatic carbocycles. The molecule has 0 bridgehead atoms. The summed E-state index contributed by atoms with van der Waals surface area (Å²) in [4.78, 5) is 18.6. The van der Waals surface area contributed by atoms with Crippen LogP contribution in [-0.4, -0.2) is 14.5 Å². The fourth-order valence-electron chi connectivity index (χ4n) is 1.99. The second kappa shape index (κ2) is 3.88. The van der Waals surface area contributed by atoms with Gasteiger partial charge in [-0.2, -0.15) is 0 Å². The van der Waals surface area contributed by atoms with Gasteiger partial charge in [0.15, 0.2) is 0 Å². The number of imidazole rings is 1. The van der Waals surface area contributed by atoms with Crippen molar-refractivity contribution in [2.24, 2.45) is 0 Å². The SMILES string of the molecule is CCC(CC)n1c(=O)[nH]c2cnccc21. The van der Waals surface area contributed by atoms with Gasteiger partial charge in [-0.1, -0.05) is 13.8 Å². The molecule has 0 radical (unpaired) electrons. The first-order valence-corrected chi connectivity index (χ1v) is 5.32. The zero-order valence-electron chi connectivity index (χ0n) is 9.03. The van der Waals surface area contributed by atoms with Crippen molar-refractivity contribution >= 4 is 11.0 Å². The Morgan fingerprint density at radius 2 is 2.20 bits per heavy atom. The maximum Gasteiger partial charge on any atom is 0.326 e. The number of fused-ring (bicyclic) bond motifs is 1. The lowest BCUT2D eigenvalue weighted by Gasteiger charge is -2.13. The van der Waals surface area contributed by atoms with Gasteiger partial charge in [0.05, 0.1) is 17.2 Å². The molecular weight excluding hydrogens is 190 g/mol. The first kappa shape index (κ1) is 9.96. The Bertz CT molecular complexity index is 508. The third-order valence-electron chi connectivity index (χ3n) is 2.83. The monoisotopic (exact) mass is 205 g/mol. The molecule has 4 heteroatoms. The molecule has 2 rings (SSSR count). The fraction of sp³-hybridized carbons (Fsp3) is 0.455. The summed E-state index contributed by atoms with van der Waals surface area (Å²) in [7, 11) is 0. The lowest BCUT2D eigenvalue weighted by Crippen LogP contribution is -2.21. The van der Waals surface area contributed by atoms with Gasteiger partial charge in [0.1, 0.15) is 0 Å². The van der Waals surface area contributed by atoms with Crippen LogP contribution < -0.4 is 5.69 Å². The Morgan fingerprint density at radius 1 is 1.47 bits per heavy atom. The topological polar surface area (TPSA) is 50.7 Å². The van der Waals surface area contributed by atoms with E-state index in [1.807, 2.05) is 10.6 Å². The summed E-state index contributed by atoms with van der Waals surface area (Å²) in [5.74, 6) is 0. The van der Waals surface area contributed by atoms with Crippen LogP contribution in [0.25, 0.3) is 11.0 Å². The van der Waals surface area contributed by atoms with Gasteiger partial charge in [-0.05, 0) is 18.9 Å². The highest BCUT2D eigenvalue weighted by Crippen LogP contribution is 2.18. The first-order valence-electron chi connectivity index (χ1n) is 5.32. The number of nitrogens with zero attached hydrogens (tertiary/aromatic N) is 2. The summed E-state index contributed by atoms with van der Waals surface area (Å²) in [5.41, 5.74) is 1.73. The average Bonchev–Trinajstić information content (AvgIpc) is 2.58. The molecule has 0 unspecified atom stereocenters. The number of aromatic nitrogens is 3. The Labute approximate surface area is 88.0 Å². The van der Waals surface area contributed by atoms with E-state index < -0.39 is 0 Å². The van der Waals surface area contributed by atoms with Gasteiger partial charge in [-0.3, -0.25) is 9.55 Å². The molecule has 15 heavy (non-hydrogen) atoms. The van der Waals surface area contributed by atoms with Crippen LogP contribution in [0.3, 0.4) is 0 Å². The number of rotatable bonds is 3. The standard InChI is InChI=1S/C11H15N3O/c1-3-8(4-2)14-10-5-6-12-7-9(10)13-11(14)15/h5-8H,3-4H2,1-2H3,(H,13,15). The third-order valence-corrected chi connectivity index (χ3v) is 2.83. The molecule has 0 saturated carbocycles. The molecule has 0 atom stereocenters. The fourth-order valence-corrected chi connectivity index (χ4v) is 1.99. The Balaban J connectivity index is 2.68. The van der Waals surface area contributed by atoms with E-state index in [9.17, 15) is 4.79 Å². The van der Waals surface area contributed by atoms with Crippen molar-refractivity contribution in [3.05, 3.63) is 28.9 Å². The van der Waals surface area contributed by atoms with Crippen molar-refractivity contribution < 1.29 is 0 Å². The Hall–Kier alpha value is -1.58. The normalized spacial score (nSPS) is 11.4. The van der Waals surface area contributed by atoms with E-state index >= 15 is 0 Å². The van der Waals surface area contributed by atoms with Crippen LogP contribution in [0.15, 0.2) is 23.3 Å². The minimum absolute atomic E-state index is 0.0355. The molecule has 2 aromatic heterocycles. The van der Waals surface area contributed by atoms with E-state index in [0.29, 0.717) is 0 Å². The van der Waals surface area contributed by atoms with Crippen LogP contribution in [-0.2, 0) is 0 Å². The molecule has 0 aliphatic rings. The van der Waals surface area contributed by atoms with E-state index in [4.69, 9.17) is 0 Å². The zero-order valence-corrected chi connectivity index (χ0v) is 9.03. The number of pyridine rings is 1. The zero-order chi connectivity index (χ0) is 10.8. The van der Waals surface area contributed by atoms with Crippen LogP contribution in [0, 0.1) is 0 Å². The van der Waals surface area contributed by atoms with Crippen molar-refractivity contribution in [2.45, 2.75) is 32.7 Å². The predicted octanol–water partition coefficient (Wildman–Crippen LogP) is 2.09. The van der Waals surface area contributed by atoms with Gasteiger partial charge in [-0.15, -0.1) is 0 Å². The van der Waals surface area contributed by atoms with Crippen molar-refractivity contribution in [2.75, 3.05) is 0 Å². The van der Waals surface area contributed by atoms with Gasteiger partial charge in [0.25, 0.3) is 0 Å². The third kappa shape index (κ3) is 1.56. The summed E-state index contributed by atoms with van der Waals surface area (Å²) in [5, 5.41) is 0.